The fourth-order valence-electron chi connectivity index (χ4n) is 1.63. The van der Waals surface area contributed by atoms with Gasteiger partial charge in [0.15, 0.2) is 0 Å². The van der Waals surface area contributed by atoms with Crippen molar-refractivity contribution in [3.8, 4) is 0 Å². The summed E-state index contributed by atoms with van der Waals surface area (Å²) < 4.78 is 26.9. The van der Waals surface area contributed by atoms with E-state index in [0.29, 0.717) is 11.3 Å². The molecule has 0 amide bonds. The molecule has 5 nitrogen and oxygen atoms in total. The van der Waals surface area contributed by atoms with Crippen molar-refractivity contribution in [2.75, 3.05) is 4.72 Å². The number of nitrogens with one attached hydrogen (secondary N) is 1. The van der Waals surface area contributed by atoms with Gasteiger partial charge in [0.05, 0.1) is 0 Å². The zero-order chi connectivity index (χ0) is 14.0. The molecule has 1 aromatic heterocycles. The van der Waals surface area contributed by atoms with Gasteiger partial charge in [0.1, 0.15) is 9.77 Å². The summed E-state index contributed by atoms with van der Waals surface area (Å²) in [5.41, 5.74) is 0.815. The van der Waals surface area contributed by atoms with Crippen molar-refractivity contribution in [3.63, 3.8) is 0 Å². The molecule has 7 heteroatoms. The van der Waals surface area contributed by atoms with Crippen LogP contribution in [0.25, 0.3) is 0 Å². The second kappa shape index (κ2) is 5.02. The van der Waals surface area contributed by atoms with Crippen LogP contribution in [0.3, 0.4) is 0 Å². The van der Waals surface area contributed by atoms with Gasteiger partial charge in [0.2, 0.25) is 0 Å². The van der Waals surface area contributed by atoms with Crippen molar-refractivity contribution in [1.82, 2.24) is 0 Å². The van der Waals surface area contributed by atoms with Gasteiger partial charge in [-0.25, -0.2) is 13.2 Å². The molecule has 2 N–H and O–H groups in total. The molecule has 100 valence electrons. The zero-order valence-electron chi connectivity index (χ0n) is 9.95. The largest absolute Gasteiger partial charge is 0.477 e. The van der Waals surface area contributed by atoms with Crippen LogP contribution in [0.4, 0.5) is 5.69 Å². The number of hydrogen-bond donors (Lipinski definition) is 2. The molecule has 0 spiro atoms. The van der Waals surface area contributed by atoms with Gasteiger partial charge in [-0.3, -0.25) is 4.72 Å². The van der Waals surface area contributed by atoms with Crippen molar-refractivity contribution in [2.24, 2.45) is 0 Å². The molecular weight excluding hydrogens is 286 g/mol. The molecule has 0 aliphatic heterocycles. The standard InChI is InChI=1S/C12H11NO4S2/c1-8-7-18-10(12(14)15)11(8)19(16,17)13-9-5-3-2-4-6-9/h2-7,13H,1H3,(H,14,15). The summed E-state index contributed by atoms with van der Waals surface area (Å²) in [6.07, 6.45) is 0. The van der Waals surface area contributed by atoms with E-state index < -0.39 is 16.0 Å². The Labute approximate surface area is 114 Å². The third kappa shape index (κ3) is 2.77. The van der Waals surface area contributed by atoms with Gasteiger partial charge >= 0.3 is 5.97 Å². The molecule has 0 fully saturated rings. The quantitative estimate of drug-likeness (QED) is 0.908. The number of hydrogen-bond acceptors (Lipinski definition) is 4. The van der Waals surface area contributed by atoms with Crippen LogP contribution < -0.4 is 4.72 Å². The van der Waals surface area contributed by atoms with E-state index in [0.717, 1.165) is 11.3 Å². The summed E-state index contributed by atoms with van der Waals surface area (Å²) in [6.45, 7) is 1.57. The Bertz CT molecular complexity index is 705. The van der Waals surface area contributed by atoms with E-state index in [1.807, 2.05) is 0 Å². The number of para-hydroxylation sites is 1. The predicted octanol–water partition coefficient (Wildman–Crippen LogP) is 2.56. The van der Waals surface area contributed by atoms with Gasteiger partial charge in [0.25, 0.3) is 10.0 Å². The third-order valence-corrected chi connectivity index (χ3v) is 5.19. The molecule has 0 saturated heterocycles. The lowest BCUT2D eigenvalue weighted by atomic mass is 10.3. The average molecular weight is 297 g/mol. The summed E-state index contributed by atoms with van der Waals surface area (Å²) in [6, 6.07) is 8.34. The maximum absolute atomic E-state index is 12.2. The summed E-state index contributed by atoms with van der Waals surface area (Å²) in [5, 5.41) is 10.5. The van der Waals surface area contributed by atoms with Crippen LogP contribution >= 0.6 is 11.3 Å². The van der Waals surface area contributed by atoms with Crippen molar-refractivity contribution >= 4 is 33.0 Å². The maximum atomic E-state index is 12.2. The van der Waals surface area contributed by atoms with Gasteiger partial charge in [-0.2, -0.15) is 0 Å². The number of carbonyl (C=O) groups is 1. The Kier molecular flexibility index (Phi) is 3.59. The molecular formula is C12H11NO4S2. The minimum Gasteiger partial charge on any atom is -0.477 e. The molecule has 1 heterocycles. The van der Waals surface area contributed by atoms with E-state index in [4.69, 9.17) is 5.11 Å². The Morgan fingerprint density at radius 1 is 1.26 bits per heavy atom. The number of carboxylic acid groups (broad SMARTS) is 1. The van der Waals surface area contributed by atoms with E-state index in [1.54, 1.807) is 37.3 Å². The highest BCUT2D eigenvalue weighted by atomic mass is 32.2. The second-order valence-electron chi connectivity index (χ2n) is 3.85. The predicted molar refractivity (Wildman–Crippen MR) is 73.3 cm³/mol. The highest BCUT2D eigenvalue weighted by Gasteiger charge is 2.26. The monoisotopic (exact) mass is 297 g/mol. The van der Waals surface area contributed by atoms with E-state index in [-0.39, 0.29) is 9.77 Å². The van der Waals surface area contributed by atoms with E-state index in [2.05, 4.69) is 4.72 Å². The van der Waals surface area contributed by atoms with E-state index in [1.165, 1.54) is 5.38 Å². The average Bonchev–Trinajstić information content (AvgIpc) is 2.73. The molecule has 0 radical (unpaired) electrons. The molecule has 0 atom stereocenters. The topological polar surface area (TPSA) is 83.5 Å². The van der Waals surface area contributed by atoms with Gasteiger partial charge in [-0.15, -0.1) is 11.3 Å². The first-order valence-electron chi connectivity index (χ1n) is 5.31. The lowest BCUT2D eigenvalue weighted by molar-refractivity contribution is 0.0698. The van der Waals surface area contributed by atoms with E-state index in [9.17, 15) is 13.2 Å². The number of carboxylic acids is 1. The van der Waals surface area contributed by atoms with Gasteiger partial charge in [-0.05, 0) is 30.0 Å². The highest BCUT2D eigenvalue weighted by molar-refractivity contribution is 7.93. The fraction of sp³-hybridized carbons (Fsp3) is 0.0833. The molecule has 2 rings (SSSR count). The zero-order valence-corrected chi connectivity index (χ0v) is 11.6. The number of rotatable bonds is 4. The first-order chi connectivity index (χ1) is 8.92. The van der Waals surface area contributed by atoms with Gasteiger partial charge in [-0.1, -0.05) is 18.2 Å². The number of thiophene rings is 1. The maximum Gasteiger partial charge on any atom is 0.347 e. The summed E-state index contributed by atoms with van der Waals surface area (Å²) in [5.74, 6) is -1.24. The molecule has 0 saturated carbocycles. The summed E-state index contributed by atoms with van der Waals surface area (Å²) in [7, 11) is -3.90. The lowest BCUT2D eigenvalue weighted by Gasteiger charge is -2.08. The smallest absolute Gasteiger partial charge is 0.347 e. The van der Waals surface area contributed by atoms with Crippen LogP contribution in [-0.2, 0) is 10.0 Å². The molecule has 2 aromatic rings. The number of sulfonamides is 1. The summed E-state index contributed by atoms with van der Waals surface area (Å²) >= 11 is 0.903. The number of anilines is 1. The first-order valence-corrected chi connectivity index (χ1v) is 7.67. The van der Waals surface area contributed by atoms with Crippen molar-refractivity contribution in [3.05, 3.63) is 46.2 Å². The van der Waals surface area contributed by atoms with Crippen LogP contribution in [0.1, 0.15) is 15.2 Å². The van der Waals surface area contributed by atoms with Crippen molar-refractivity contribution < 1.29 is 18.3 Å². The molecule has 19 heavy (non-hydrogen) atoms. The Hall–Kier alpha value is -1.86. The number of aryl methyl sites for hydroxylation is 1. The molecule has 0 aliphatic carbocycles. The SMILES string of the molecule is Cc1csc(C(=O)O)c1S(=O)(=O)Nc1ccccc1. The Balaban J connectivity index is 2.46. The number of benzene rings is 1. The first kappa shape index (κ1) is 13.6. The minimum atomic E-state index is -3.90. The normalized spacial score (nSPS) is 11.2. The van der Waals surface area contributed by atoms with Crippen LogP contribution in [0, 0.1) is 6.92 Å². The molecule has 1 aromatic carbocycles. The fourth-order valence-corrected chi connectivity index (χ4v) is 4.32. The molecule has 0 aliphatic rings. The van der Waals surface area contributed by atoms with E-state index >= 15 is 0 Å². The minimum absolute atomic E-state index is 0.172. The number of aromatic carboxylic acids is 1. The van der Waals surface area contributed by atoms with Crippen LogP contribution in [0.15, 0.2) is 40.6 Å². The Morgan fingerprint density at radius 2 is 1.89 bits per heavy atom. The van der Waals surface area contributed by atoms with Crippen LogP contribution in [0.5, 0.6) is 0 Å². The molecule has 0 bridgehead atoms. The van der Waals surface area contributed by atoms with Crippen molar-refractivity contribution in [1.29, 1.82) is 0 Å². The highest BCUT2D eigenvalue weighted by Crippen LogP contribution is 2.28. The van der Waals surface area contributed by atoms with Gasteiger partial charge < -0.3 is 5.11 Å². The Morgan fingerprint density at radius 3 is 2.47 bits per heavy atom. The van der Waals surface area contributed by atoms with Crippen LogP contribution in [-0.4, -0.2) is 19.5 Å². The van der Waals surface area contributed by atoms with Crippen molar-refractivity contribution in [2.45, 2.75) is 11.8 Å². The lowest BCUT2D eigenvalue weighted by Crippen LogP contribution is -2.16. The van der Waals surface area contributed by atoms with Gasteiger partial charge in [0, 0.05) is 5.69 Å². The summed E-state index contributed by atoms with van der Waals surface area (Å²) in [4.78, 5) is 10.7. The molecule has 0 unspecified atom stereocenters. The third-order valence-electron chi connectivity index (χ3n) is 2.41. The second-order valence-corrected chi connectivity index (χ2v) is 6.35. The van der Waals surface area contributed by atoms with Crippen LogP contribution in [0.2, 0.25) is 0 Å².